The van der Waals surface area contributed by atoms with E-state index in [1.54, 1.807) is 0 Å². The first kappa shape index (κ1) is 6.87. The Labute approximate surface area is 59.1 Å². The van der Waals surface area contributed by atoms with Crippen LogP contribution in [0.4, 0.5) is 0 Å². The van der Waals surface area contributed by atoms with Crippen molar-refractivity contribution < 1.29 is 9.53 Å². The van der Waals surface area contributed by atoms with Crippen LogP contribution in [0.1, 0.15) is 13.8 Å². The molecule has 0 aromatic heterocycles. The number of halogens is 1. The second-order valence-electron chi connectivity index (χ2n) is 2.96. The Morgan fingerprint density at radius 2 is 2.33 bits per heavy atom. The Hall–Kier alpha value is -0.240. The summed E-state index contributed by atoms with van der Waals surface area (Å²) in [5.41, 5.74) is -0.182. The minimum absolute atomic E-state index is 0.182. The smallest absolute Gasteiger partial charge is 0.324 e. The summed E-state index contributed by atoms with van der Waals surface area (Å²) in [7, 11) is 0. The molecule has 52 valence electrons. The van der Waals surface area contributed by atoms with Gasteiger partial charge in [0.1, 0.15) is 5.38 Å². The summed E-state index contributed by atoms with van der Waals surface area (Å²) in [6.45, 7) is 4.27. The van der Waals surface area contributed by atoms with Crippen LogP contribution in [0.3, 0.4) is 0 Å². The summed E-state index contributed by atoms with van der Waals surface area (Å²) in [5, 5.41) is -0.461. The van der Waals surface area contributed by atoms with E-state index < -0.39 is 5.38 Å². The fraction of sp³-hybridized carbons (Fsp3) is 0.833. The van der Waals surface area contributed by atoms with Crippen molar-refractivity contribution in [2.75, 3.05) is 6.61 Å². The third kappa shape index (κ3) is 1.04. The number of carbonyl (C=O) groups is 1. The Bertz CT molecular complexity index is 142. The topological polar surface area (TPSA) is 26.3 Å². The number of ether oxygens (including phenoxy) is 1. The molecule has 3 heteroatoms. The number of hydrogen-bond donors (Lipinski definition) is 0. The van der Waals surface area contributed by atoms with Crippen molar-refractivity contribution in [3.63, 3.8) is 0 Å². The average Bonchev–Trinajstić information content (AvgIpc) is 1.97. The maximum absolute atomic E-state index is 10.6. The van der Waals surface area contributed by atoms with Crippen LogP contribution in [0.15, 0.2) is 0 Å². The van der Waals surface area contributed by atoms with E-state index in [0.29, 0.717) is 6.61 Å². The molecule has 1 heterocycles. The molecule has 1 aliphatic rings. The number of hydrogen-bond acceptors (Lipinski definition) is 2. The maximum atomic E-state index is 10.6. The van der Waals surface area contributed by atoms with Gasteiger partial charge in [-0.1, -0.05) is 13.8 Å². The van der Waals surface area contributed by atoms with Crippen molar-refractivity contribution in [2.24, 2.45) is 5.41 Å². The van der Waals surface area contributed by atoms with Crippen molar-refractivity contribution >= 4 is 17.6 Å². The molecule has 1 fully saturated rings. The van der Waals surface area contributed by atoms with Gasteiger partial charge < -0.3 is 4.74 Å². The number of cyclic esters (lactones) is 1. The van der Waals surface area contributed by atoms with Gasteiger partial charge >= 0.3 is 5.97 Å². The summed E-state index contributed by atoms with van der Waals surface area (Å²) in [5.74, 6) is -0.290. The fourth-order valence-corrected chi connectivity index (χ4v) is 0.848. The number of alkyl halides is 1. The van der Waals surface area contributed by atoms with Crippen molar-refractivity contribution in [3.8, 4) is 0 Å². The van der Waals surface area contributed by atoms with Gasteiger partial charge in [0, 0.05) is 5.41 Å². The molecule has 0 amide bonds. The normalized spacial score (nSPS) is 32.3. The average molecular weight is 149 g/mol. The van der Waals surface area contributed by atoms with Gasteiger partial charge in [-0.15, -0.1) is 11.6 Å². The van der Waals surface area contributed by atoms with Crippen molar-refractivity contribution in [3.05, 3.63) is 0 Å². The van der Waals surface area contributed by atoms with Crippen LogP contribution in [0.5, 0.6) is 0 Å². The number of esters is 1. The van der Waals surface area contributed by atoms with Gasteiger partial charge in [0.2, 0.25) is 0 Å². The summed E-state index contributed by atoms with van der Waals surface area (Å²) in [4.78, 5) is 10.6. The second kappa shape index (κ2) is 1.87. The molecule has 0 saturated carbocycles. The Kier molecular flexibility index (Phi) is 1.43. The van der Waals surface area contributed by atoms with Gasteiger partial charge in [0.15, 0.2) is 0 Å². The molecule has 0 aliphatic carbocycles. The Balaban J connectivity index is 2.73. The van der Waals surface area contributed by atoms with Crippen LogP contribution in [-0.4, -0.2) is 18.0 Å². The quantitative estimate of drug-likeness (QED) is 0.381. The lowest BCUT2D eigenvalue weighted by molar-refractivity contribution is -0.137. The van der Waals surface area contributed by atoms with E-state index in [0.717, 1.165) is 0 Å². The third-order valence-corrected chi connectivity index (χ3v) is 2.25. The van der Waals surface area contributed by atoms with Gasteiger partial charge in [-0.3, -0.25) is 4.79 Å². The first-order valence-corrected chi connectivity index (χ1v) is 3.28. The van der Waals surface area contributed by atoms with Crippen molar-refractivity contribution in [1.82, 2.24) is 0 Å². The zero-order valence-corrected chi connectivity index (χ0v) is 6.23. The Morgan fingerprint density at radius 1 is 1.78 bits per heavy atom. The van der Waals surface area contributed by atoms with E-state index in [1.165, 1.54) is 0 Å². The molecule has 1 atom stereocenters. The highest BCUT2D eigenvalue weighted by Crippen LogP contribution is 2.32. The molecular formula is C6H9ClO2. The lowest BCUT2D eigenvalue weighted by atomic mass is 9.92. The van der Waals surface area contributed by atoms with Crippen LogP contribution in [0.25, 0.3) is 0 Å². The minimum Gasteiger partial charge on any atom is -0.464 e. The highest BCUT2D eigenvalue weighted by Gasteiger charge is 2.41. The molecule has 0 unspecified atom stereocenters. The van der Waals surface area contributed by atoms with E-state index >= 15 is 0 Å². The van der Waals surface area contributed by atoms with E-state index in [2.05, 4.69) is 0 Å². The maximum Gasteiger partial charge on any atom is 0.324 e. The molecule has 9 heavy (non-hydrogen) atoms. The molecule has 0 spiro atoms. The van der Waals surface area contributed by atoms with Crippen LogP contribution >= 0.6 is 11.6 Å². The third-order valence-electron chi connectivity index (χ3n) is 1.48. The van der Waals surface area contributed by atoms with E-state index in [9.17, 15) is 4.79 Å². The lowest BCUT2D eigenvalue weighted by Gasteiger charge is -2.14. The van der Waals surface area contributed by atoms with Gasteiger partial charge in [0.25, 0.3) is 0 Å². The highest BCUT2D eigenvalue weighted by atomic mass is 35.5. The van der Waals surface area contributed by atoms with E-state index in [1.807, 2.05) is 13.8 Å². The molecule has 0 aromatic carbocycles. The summed E-state index contributed by atoms with van der Waals surface area (Å²) in [6, 6.07) is 0. The molecular weight excluding hydrogens is 140 g/mol. The first-order valence-electron chi connectivity index (χ1n) is 2.85. The molecule has 0 bridgehead atoms. The SMILES string of the molecule is CC1(C)COC(=O)[C@H]1Cl. The summed E-state index contributed by atoms with van der Waals surface area (Å²) in [6.07, 6.45) is 0. The summed E-state index contributed by atoms with van der Waals surface area (Å²) < 4.78 is 4.71. The lowest BCUT2D eigenvalue weighted by Crippen LogP contribution is -2.24. The van der Waals surface area contributed by atoms with Gasteiger partial charge in [-0.2, -0.15) is 0 Å². The van der Waals surface area contributed by atoms with Crippen LogP contribution < -0.4 is 0 Å². The number of carbonyl (C=O) groups excluding carboxylic acids is 1. The largest absolute Gasteiger partial charge is 0.464 e. The predicted molar refractivity (Wildman–Crippen MR) is 34.4 cm³/mol. The molecule has 1 saturated heterocycles. The molecule has 2 nitrogen and oxygen atoms in total. The first-order chi connectivity index (χ1) is 4.04. The molecule has 1 rings (SSSR count). The minimum atomic E-state index is -0.461. The van der Waals surface area contributed by atoms with Crippen LogP contribution in [0.2, 0.25) is 0 Å². The molecule has 0 radical (unpaired) electrons. The van der Waals surface area contributed by atoms with E-state index in [-0.39, 0.29) is 11.4 Å². The Morgan fingerprint density at radius 3 is 2.44 bits per heavy atom. The van der Waals surface area contributed by atoms with E-state index in [4.69, 9.17) is 16.3 Å². The van der Waals surface area contributed by atoms with Crippen molar-refractivity contribution in [2.45, 2.75) is 19.2 Å². The van der Waals surface area contributed by atoms with Crippen LogP contribution in [-0.2, 0) is 9.53 Å². The van der Waals surface area contributed by atoms with Gasteiger partial charge in [0.05, 0.1) is 6.61 Å². The zero-order valence-electron chi connectivity index (χ0n) is 5.48. The van der Waals surface area contributed by atoms with Gasteiger partial charge in [-0.25, -0.2) is 0 Å². The highest BCUT2D eigenvalue weighted by molar-refractivity contribution is 6.31. The second-order valence-corrected chi connectivity index (χ2v) is 3.40. The molecule has 0 N–H and O–H groups in total. The molecule has 0 aromatic rings. The zero-order chi connectivity index (χ0) is 7.07. The predicted octanol–water partition coefficient (Wildman–Crippen LogP) is 1.18. The fourth-order valence-electron chi connectivity index (χ4n) is 0.722. The van der Waals surface area contributed by atoms with Crippen molar-refractivity contribution in [1.29, 1.82) is 0 Å². The standard InChI is InChI=1S/C6H9ClO2/c1-6(2)3-9-5(8)4(6)7/h4H,3H2,1-2H3/t4-/m1/s1. The van der Waals surface area contributed by atoms with Gasteiger partial charge in [-0.05, 0) is 0 Å². The number of rotatable bonds is 0. The molecule has 1 aliphatic heterocycles. The monoisotopic (exact) mass is 148 g/mol. The summed E-state index contributed by atoms with van der Waals surface area (Å²) >= 11 is 5.68. The van der Waals surface area contributed by atoms with Crippen LogP contribution in [0, 0.1) is 5.41 Å².